The quantitative estimate of drug-likeness (QED) is 0.921. The molecule has 1 aromatic carbocycles. The first-order chi connectivity index (χ1) is 9.54. The average molecular weight is 294 g/mol. The predicted molar refractivity (Wildman–Crippen MR) is 81.2 cm³/mol. The Balaban J connectivity index is 2.22. The summed E-state index contributed by atoms with van der Waals surface area (Å²) in [5.41, 5.74) is 3.98. The van der Waals surface area contributed by atoms with E-state index in [0.29, 0.717) is 11.6 Å². The number of hydrogen-bond acceptors (Lipinski definition) is 3. The van der Waals surface area contributed by atoms with Crippen molar-refractivity contribution in [2.24, 2.45) is 7.05 Å². The fourth-order valence-corrected chi connectivity index (χ4v) is 2.44. The van der Waals surface area contributed by atoms with Crippen molar-refractivity contribution in [2.75, 3.05) is 7.05 Å². The number of aryl methyl sites for hydroxylation is 3. The van der Waals surface area contributed by atoms with Crippen molar-refractivity contribution in [3.8, 4) is 5.75 Å². The van der Waals surface area contributed by atoms with Gasteiger partial charge in [0.05, 0.1) is 16.4 Å². The molecule has 0 radical (unpaired) electrons. The number of hydrogen-bond donors (Lipinski definition) is 1. The smallest absolute Gasteiger partial charge is 0.131 e. The molecule has 0 spiro atoms. The summed E-state index contributed by atoms with van der Waals surface area (Å²) in [4.78, 5) is 0. The van der Waals surface area contributed by atoms with Crippen LogP contribution in [0.5, 0.6) is 5.75 Å². The van der Waals surface area contributed by atoms with E-state index >= 15 is 0 Å². The maximum atomic E-state index is 6.25. The van der Waals surface area contributed by atoms with E-state index in [2.05, 4.69) is 16.5 Å². The molecule has 2 aromatic rings. The van der Waals surface area contributed by atoms with Crippen molar-refractivity contribution in [1.82, 2.24) is 15.1 Å². The SMILES string of the molecule is CNCc1cccc(C)c1OCc1c(Cl)c(C)nn1C. The van der Waals surface area contributed by atoms with E-state index in [4.69, 9.17) is 16.3 Å². The zero-order valence-corrected chi connectivity index (χ0v) is 13.1. The van der Waals surface area contributed by atoms with Gasteiger partial charge in [0.1, 0.15) is 12.4 Å². The van der Waals surface area contributed by atoms with Crippen molar-refractivity contribution < 1.29 is 4.74 Å². The van der Waals surface area contributed by atoms with Gasteiger partial charge in [0.15, 0.2) is 0 Å². The van der Waals surface area contributed by atoms with Crippen LogP contribution in [0.1, 0.15) is 22.5 Å². The molecule has 0 saturated carbocycles. The Morgan fingerprint density at radius 1 is 1.35 bits per heavy atom. The number of rotatable bonds is 5. The molecule has 1 aromatic heterocycles. The minimum absolute atomic E-state index is 0.414. The largest absolute Gasteiger partial charge is 0.487 e. The highest BCUT2D eigenvalue weighted by atomic mass is 35.5. The molecule has 5 heteroatoms. The summed E-state index contributed by atoms with van der Waals surface area (Å²) in [5, 5.41) is 8.13. The number of nitrogens with zero attached hydrogens (tertiary/aromatic N) is 2. The summed E-state index contributed by atoms with van der Waals surface area (Å²) < 4.78 is 7.77. The van der Waals surface area contributed by atoms with E-state index in [9.17, 15) is 0 Å². The average Bonchev–Trinajstić information content (AvgIpc) is 2.64. The third kappa shape index (κ3) is 2.97. The van der Waals surface area contributed by atoms with E-state index in [0.717, 1.165) is 34.8 Å². The minimum Gasteiger partial charge on any atom is -0.487 e. The molecule has 0 aliphatic heterocycles. The van der Waals surface area contributed by atoms with Crippen LogP contribution < -0.4 is 10.1 Å². The summed E-state index contributed by atoms with van der Waals surface area (Å²) in [7, 11) is 3.80. The summed E-state index contributed by atoms with van der Waals surface area (Å²) in [6.45, 7) is 5.13. The maximum absolute atomic E-state index is 6.25. The molecule has 0 bridgehead atoms. The van der Waals surface area contributed by atoms with Crippen molar-refractivity contribution in [3.63, 3.8) is 0 Å². The number of aromatic nitrogens is 2. The molecule has 2 rings (SSSR count). The number of benzene rings is 1. The topological polar surface area (TPSA) is 39.1 Å². The van der Waals surface area contributed by atoms with Gasteiger partial charge in [0.25, 0.3) is 0 Å². The second kappa shape index (κ2) is 6.29. The van der Waals surface area contributed by atoms with Crippen molar-refractivity contribution in [2.45, 2.75) is 27.0 Å². The number of nitrogens with one attached hydrogen (secondary N) is 1. The molecular formula is C15H20ClN3O. The summed E-state index contributed by atoms with van der Waals surface area (Å²) in [6, 6.07) is 6.15. The Labute approximate surface area is 124 Å². The zero-order valence-electron chi connectivity index (χ0n) is 12.3. The first-order valence-corrected chi connectivity index (χ1v) is 6.96. The van der Waals surface area contributed by atoms with E-state index in [-0.39, 0.29) is 0 Å². The minimum atomic E-state index is 0.414. The van der Waals surface area contributed by atoms with Crippen LogP contribution >= 0.6 is 11.6 Å². The second-order valence-electron chi connectivity index (χ2n) is 4.85. The Hall–Kier alpha value is -1.52. The number of halogens is 1. The molecule has 1 N–H and O–H groups in total. The lowest BCUT2D eigenvalue weighted by molar-refractivity contribution is 0.289. The van der Waals surface area contributed by atoms with Crippen molar-refractivity contribution in [1.29, 1.82) is 0 Å². The highest BCUT2D eigenvalue weighted by Gasteiger charge is 2.13. The molecule has 4 nitrogen and oxygen atoms in total. The van der Waals surface area contributed by atoms with E-state index in [1.165, 1.54) is 0 Å². The summed E-state index contributed by atoms with van der Waals surface area (Å²) in [5.74, 6) is 0.914. The Bertz CT molecular complexity index is 607. The van der Waals surface area contributed by atoms with Crippen LogP contribution in [-0.4, -0.2) is 16.8 Å². The van der Waals surface area contributed by atoms with Crippen LogP contribution in [0, 0.1) is 13.8 Å². The van der Waals surface area contributed by atoms with E-state index < -0.39 is 0 Å². The highest BCUT2D eigenvalue weighted by molar-refractivity contribution is 6.31. The third-order valence-electron chi connectivity index (χ3n) is 3.28. The lowest BCUT2D eigenvalue weighted by atomic mass is 10.1. The van der Waals surface area contributed by atoms with Gasteiger partial charge in [-0.25, -0.2) is 0 Å². The Kier molecular flexibility index (Phi) is 4.68. The van der Waals surface area contributed by atoms with Gasteiger partial charge in [0, 0.05) is 19.2 Å². The molecule has 0 aliphatic carbocycles. The van der Waals surface area contributed by atoms with Crippen LogP contribution in [-0.2, 0) is 20.2 Å². The molecule has 0 unspecified atom stereocenters. The van der Waals surface area contributed by atoms with Gasteiger partial charge in [-0.3, -0.25) is 4.68 Å². The Morgan fingerprint density at radius 3 is 2.70 bits per heavy atom. The molecule has 1 heterocycles. The third-order valence-corrected chi connectivity index (χ3v) is 3.77. The first-order valence-electron chi connectivity index (χ1n) is 6.58. The summed E-state index contributed by atoms with van der Waals surface area (Å²) >= 11 is 6.25. The van der Waals surface area contributed by atoms with Gasteiger partial charge in [-0.1, -0.05) is 29.8 Å². The van der Waals surface area contributed by atoms with Gasteiger partial charge in [0.2, 0.25) is 0 Å². The fraction of sp³-hybridized carbons (Fsp3) is 0.400. The normalized spacial score (nSPS) is 10.8. The predicted octanol–water partition coefficient (Wildman–Crippen LogP) is 2.99. The van der Waals surface area contributed by atoms with Gasteiger partial charge in [-0.2, -0.15) is 5.10 Å². The van der Waals surface area contributed by atoms with Crippen LogP contribution in [0.2, 0.25) is 5.02 Å². The lowest BCUT2D eigenvalue weighted by Crippen LogP contribution is -2.10. The van der Waals surface area contributed by atoms with E-state index in [1.807, 2.05) is 40.1 Å². The molecule has 0 saturated heterocycles. The Morgan fingerprint density at radius 2 is 2.10 bits per heavy atom. The zero-order chi connectivity index (χ0) is 14.7. The molecule has 0 amide bonds. The molecule has 0 fully saturated rings. The van der Waals surface area contributed by atoms with E-state index in [1.54, 1.807) is 4.68 Å². The van der Waals surface area contributed by atoms with Crippen LogP contribution in [0.4, 0.5) is 0 Å². The number of ether oxygens (including phenoxy) is 1. The molecule has 0 atom stereocenters. The maximum Gasteiger partial charge on any atom is 0.131 e. The van der Waals surface area contributed by atoms with Gasteiger partial charge < -0.3 is 10.1 Å². The molecule has 0 aliphatic rings. The van der Waals surface area contributed by atoms with Gasteiger partial charge >= 0.3 is 0 Å². The first kappa shape index (κ1) is 14.9. The molecule has 20 heavy (non-hydrogen) atoms. The fourth-order valence-electron chi connectivity index (χ4n) is 2.23. The highest BCUT2D eigenvalue weighted by Crippen LogP contribution is 2.26. The standard InChI is InChI=1S/C15H20ClN3O/c1-10-6-5-7-12(8-17-3)15(10)20-9-13-14(16)11(2)18-19(13)4/h5-7,17H,8-9H2,1-4H3. The molecular weight excluding hydrogens is 274 g/mol. The van der Waals surface area contributed by atoms with Crippen LogP contribution in [0.15, 0.2) is 18.2 Å². The van der Waals surface area contributed by atoms with Crippen molar-refractivity contribution in [3.05, 3.63) is 45.7 Å². The summed E-state index contributed by atoms with van der Waals surface area (Å²) in [6.07, 6.45) is 0. The lowest BCUT2D eigenvalue weighted by Gasteiger charge is -2.14. The van der Waals surface area contributed by atoms with Crippen molar-refractivity contribution >= 4 is 11.6 Å². The van der Waals surface area contributed by atoms with Crippen LogP contribution in [0.3, 0.4) is 0 Å². The van der Waals surface area contributed by atoms with Crippen LogP contribution in [0.25, 0.3) is 0 Å². The molecule has 108 valence electrons. The number of para-hydroxylation sites is 1. The monoisotopic (exact) mass is 293 g/mol. The van der Waals surface area contributed by atoms with Gasteiger partial charge in [-0.15, -0.1) is 0 Å². The second-order valence-corrected chi connectivity index (χ2v) is 5.23. The van der Waals surface area contributed by atoms with Gasteiger partial charge in [-0.05, 0) is 26.5 Å².